The fourth-order valence-electron chi connectivity index (χ4n) is 3.41. The lowest BCUT2D eigenvalue weighted by molar-refractivity contribution is -0.0543. The van der Waals surface area contributed by atoms with Crippen LogP contribution in [0.5, 0.6) is 0 Å². The molecule has 0 saturated heterocycles. The highest BCUT2D eigenvalue weighted by molar-refractivity contribution is 7.71. The van der Waals surface area contributed by atoms with E-state index in [1.165, 1.54) is 0 Å². The number of rotatable bonds is 2. The first-order valence-corrected chi connectivity index (χ1v) is 9.65. The topological polar surface area (TPSA) is 47.0 Å². The van der Waals surface area contributed by atoms with Crippen LogP contribution in [0.2, 0.25) is 0 Å². The molecule has 1 N–H and O–H groups in total. The lowest BCUT2D eigenvalue weighted by atomic mass is 9.90. The first kappa shape index (κ1) is 16.7. The Bertz CT molecular complexity index is 1090. The fourth-order valence-corrected chi connectivity index (χ4v) is 4.88. The zero-order chi connectivity index (χ0) is 17.8. The number of aryl methyl sites for hydroxylation is 1. The largest absolute Gasteiger partial charge is 0.369 e. The second-order valence-electron chi connectivity index (χ2n) is 6.83. The Morgan fingerprint density at radius 1 is 1.40 bits per heavy atom. The molecular weight excluding hydrogens is 352 g/mol. The maximum atomic E-state index is 13.4. The molecule has 0 unspecified atom stereocenters. The third kappa shape index (κ3) is 2.60. The summed E-state index contributed by atoms with van der Waals surface area (Å²) in [5, 5.41) is 0.764. The van der Waals surface area contributed by atoms with Gasteiger partial charge in [-0.3, -0.25) is 9.36 Å². The summed E-state index contributed by atoms with van der Waals surface area (Å²) in [6, 6.07) is 7.82. The number of ether oxygens (including phenoxy) is 1. The van der Waals surface area contributed by atoms with Crippen molar-refractivity contribution in [2.45, 2.75) is 45.8 Å². The van der Waals surface area contributed by atoms with Gasteiger partial charge in [0, 0.05) is 11.3 Å². The lowest BCUT2D eigenvalue weighted by Gasteiger charge is -2.32. The van der Waals surface area contributed by atoms with Crippen LogP contribution in [0.4, 0.5) is 0 Å². The Labute approximate surface area is 155 Å². The van der Waals surface area contributed by atoms with Gasteiger partial charge in [0.05, 0.1) is 23.3 Å². The van der Waals surface area contributed by atoms with Crippen LogP contribution in [0.1, 0.15) is 36.3 Å². The first-order valence-electron chi connectivity index (χ1n) is 8.43. The zero-order valence-electron chi connectivity index (χ0n) is 14.5. The van der Waals surface area contributed by atoms with Crippen LogP contribution in [0.3, 0.4) is 0 Å². The van der Waals surface area contributed by atoms with E-state index >= 15 is 0 Å². The predicted molar refractivity (Wildman–Crippen MR) is 105 cm³/mol. The van der Waals surface area contributed by atoms with Crippen molar-refractivity contribution in [2.75, 3.05) is 0 Å². The number of thiophene rings is 1. The third-order valence-electron chi connectivity index (χ3n) is 5.14. The van der Waals surface area contributed by atoms with E-state index in [1.54, 1.807) is 15.9 Å². The van der Waals surface area contributed by atoms with E-state index in [0.29, 0.717) is 11.4 Å². The smallest absolute Gasteiger partial charge is 0.267 e. The van der Waals surface area contributed by atoms with Crippen molar-refractivity contribution in [3.05, 3.63) is 55.4 Å². The van der Waals surface area contributed by atoms with Gasteiger partial charge >= 0.3 is 0 Å². The highest BCUT2D eigenvalue weighted by Crippen LogP contribution is 2.38. The molecule has 1 aliphatic rings. The molecule has 0 radical (unpaired) electrons. The van der Waals surface area contributed by atoms with Crippen LogP contribution < -0.4 is 5.56 Å². The van der Waals surface area contributed by atoms with Gasteiger partial charge in [0.15, 0.2) is 4.77 Å². The highest BCUT2D eigenvalue weighted by Gasteiger charge is 2.33. The summed E-state index contributed by atoms with van der Waals surface area (Å²) in [5.41, 5.74) is 2.73. The molecule has 130 valence electrons. The second kappa shape index (κ2) is 5.90. The number of benzene rings is 1. The molecule has 2 aromatic heterocycles. The van der Waals surface area contributed by atoms with E-state index in [9.17, 15) is 4.79 Å². The fraction of sp³-hybridized carbons (Fsp3) is 0.368. The van der Waals surface area contributed by atoms with Crippen LogP contribution >= 0.6 is 23.6 Å². The van der Waals surface area contributed by atoms with Gasteiger partial charge in [-0.25, -0.2) is 0 Å². The molecule has 4 rings (SSSR count). The van der Waals surface area contributed by atoms with Gasteiger partial charge in [0.1, 0.15) is 4.83 Å². The maximum absolute atomic E-state index is 13.4. The number of aromatic amines is 1. The number of para-hydroxylation sites is 1. The Morgan fingerprint density at radius 2 is 2.16 bits per heavy atom. The number of hydrogen-bond donors (Lipinski definition) is 1. The van der Waals surface area contributed by atoms with Gasteiger partial charge in [-0.2, -0.15) is 0 Å². The molecule has 0 bridgehead atoms. The molecule has 0 aliphatic carbocycles. The molecule has 1 aromatic carbocycles. The SMILES string of the molecule is CC[C@@]1(C)Cc2c(sc3[nH]c(=S)n(-c4ccccc4C)c(=O)c23)CO1. The molecule has 3 heterocycles. The Hall–Kier alpha value is -1.76. The summed E-state index contributed by atoms with van der Waals surface area (Å²) < 4.78 is 8.09. The molecule has 0 fully saturated rings. The first-order chi connectivity index (χ1) is 11.9. The number of H-pyrrole nitrogens is 1. The van der Waals surface area contributed by atoms with Crippen molar-refractivity contribution < 1.29 is 4.74 Å². The number of aromatic nitrogens is 2. The van der Waals surface area contributed by atoms with Gasteiger partial charge in [0.25, 0.3) is 5.56 Å². The average molecular weight is 373 g/mol. The van der Waals surface area contributed by atoms with Gasteiger partial charge in [-0.1, -0.05) is 25.1 Å². The minimum Gasteiger partial charge on any atom is -0.369 e. The van der Waals surface area contributed by atoms with Gasteiger partial charge < -0.3 is 9.72 Å². The van der Waals surface area contributed by atoms with Gasteiger partial charge in [0.2, 0.25) is 0 Å². The summed E-state index contributed by atoms with van der Waals surface area (Å²) in [5.74, 6) is 0. The molecule has 6 heteroatoms. The second-order valence-corrected chi connectivity index (χ2v) is 8.33. The predicted octanol–water partition coefficient (Wildman–Crippen LogP) is 4.66. The lowest BCUT2D eigenvalue weighted by Crippen LogP contribution is -2.34. The van der Waals surface area contributed by atoms with Crippen LogP contribution in [0.25, 0.3) is 15.9 Å². The van der Waals surface area contributed by atoms with Crippen molar-refractivity contribution in [1.29, 1.82) is 0 Å². The molecular formula is C19H20N2O2S2. The standard InChI is InChI=1S/C19H20N2O2S2/c1-4-19(3)9-12-14(10-23-19)25-16-15(12)17(22)21(18(24)20-16)13-8-6-5-7-11(13)2/h5-8H,4,9-10H2,1-3H3,(H,20,24)/t19-/m0/s1. The van der Waals surface area contributed by atoms with E-state index in [0.717, 1.165) is 44.7 Å². The number of nitrogens with one attached hydrogen (secondary N) is 1. The quantitative estimate of drug-likeness (QED) is 0.666. The molecule has 25 heavy (non-hydrogen) atoms. The van der Waals surface area contributed by atoms with Crippen LogP contribution in [-0.2, 0) is 17.8 Å². The van der Waals surface area contributed by atoms with Gasteiger partial charge in [-0.15, -0.1) is 11.3 Å². The Kier molecular flexibility index (Phi) is 3.94. The van der Waals surface area contributed by atoms with Crippen molar-refractivity contribution in [3.8, 4) is 5.69 Å². The average Bonchev–Trinajstić information content (AvgIpc) is 2.93. The minimum absolute atomic E-state index is 0.0362. The van der Waals surface area contributed by atoms with Crippen molar-refractivity contribution >= 4 is 33.8 Å². The van der Waals surface area contributed by atoms with E-state index in [-0.39, 0.29) is 11.2 Å². The number of fused-ring (bicyclic) bond motifs is 3. The summed E-state index contributed by atoms with van der Waals surface area (Å²) in [7, 11) is 0. The molecule has 1 aliphatic heterocycles. The van der Waals surface area contributed by atoms with E-state index < -0.39 is 0 Å². The molecule has 3 aromatic rings. The molecule has 0 saturated carbocycles. The molecule has 1 atom stereocenters. The summed E-state index contributed by atoms with van der Waals surface area (Å²) in [6.07, 6.45) is 1.67. The zero-order valence-corrected chi connectivity index (χ0v) is 16.1. The van der Waals surface area contributed by atoms with Crippen molar-refractivity contribution in [3.63, 3.8) is 0 Å². The maximum Gasteiger partial charge on any atom is 0.267 e. The van der Waals surface area contributed by atoms with Crippen LogP contribution in [0.15, 0.2) is 29.1 Å². The Morgan fingerprint density at radius 3 is 2.88 bits per heavy atom. The number of hydrogen-bond acceptors (Lipinski definition) is 4. The summed E-state index contributed by atoms with van der Waals surface area (Å²) in [6.45, 7) is 6.79. The van der Waals surface area contributed by atoms with E-state index in [1.807, 2.05) is 31.2 Å². The third-order valence-corrected chi connectivity index (χ3v) is 6.54. The summed E-state index contributed by atoms with van der Waals surface area (Å²) >= 11 is 7.09. The molecule has 4 nitrogen and oxygen atoms in total. The Balaban J connectivity index is 2.03. The van der Waals surface area contributed by atoms with Crippen molar-refractivity contribution in [1.82, 2.24) is 9.55 Å². The van der Waals surface area contributed by atoms with Crippen molar-refractivity contribution in [2.24, 2.45) is 0 Å². The normalized spacial score (nSPS) is 20.0. The highest BCUT2D eigenvalue weighted by atomic mass is 32.1. The van der Waals surface area contributed by atoms with E-state index in [2.05, 4.69) is 18.8 Å². The van der Waals surface area contributed by atoms with E-state index in [4.69, 9.17) is 17.0 Å². The molecule has 0 spiro atoms. The molecule has 0 amide bonds. The number of nitrogens with zero attached hydrogens (tertiary/aromatic N) is 1. The summed E-state index contributed by atoms with van der Waals surface area (Å²) in [4.78, 5) is 18.6. The monoisotopic (exact) mass is 372 g/mol. The van der Waals surface area contributed by atoms with Crippen LogP contribution in [0, 0.1) is 11.7 Å². The van der Waals surface area contributed by atoms with Crippen LogP contribution in [-0.4, -0.2) is 15.2 Å². The minimum atomic E-state index is -0.215. The van der Waals surface area contributed by atoms with Gasteiger partial charge in [-0.05, 0) is 49.7 Å².